The monoisotopic (exact) mass is 183 g/mol. The van der Waals surface area contributed by atoms with Crippen molar-refractivity contribution < 1.29 is 5.11 Å². The molecule has 0 radical (unpaired) electrons. The highest BCUT2D eigenvalue weighted by atomic mass is 16.3. The van der Waals surface area contributed by atoms with E-state index in [1.165, 1.54) is 0 Å². The normalized spacial score (nSPS) is 13.6. The molecule has 1 unspecified atom stereocenters. The van der Waals surface area contributed by atoms with Gasteiger partial charge in [-0.25, -0.2) is 0 Å². The number of aliphatic hydroxyl groups excluding tert-OH is 1. The fraction of sp³-hybridized carbons (Fsp3) is 0.667. The second-order valence-corrected chi connectivity index (χ2v) is 3.41. The fourth-order valence-electron chi connectivity index (χ4n) is 1.18. The van der Waals surface area contributed by atoms with Crippen molar-refractivity contribution in [1.29, 1.82) is 0 Å². The first-order valence-corrected chi connectivity index (χ1v) is 4.48. The van der Waals surface area contributed by atoms with Crippen molar-refractivity contribution in [1.82, 2.24) is 14.7 Å². The molecule has 1 rings (SSSR count). The van der Waals surface area contributed by atoms with Gasteiger partial charge in [0.05, 0.1) is 12.3 Å². The Hall–Kier alpha value is -0.870. The molecule has 1 aromatic heterocycles. The number of aliphatic hydroxyl groups is 1. The van der Waals surface area contributed by atoms with Crippen LogP contribution in [-0.4, -0.2) is 40.4 Å². The minimum Gasteiger partial charge on any atom is -0.387 e. The molecular weight excluding hydrogens is 166 g/mol. The van der Waals surface area contributed by atoms with Gasteiger partial charge in [-0.15, -0.1) is 0 Å². The topological polar surface area (TPSA) is 41.3 Å². The molecule has 0 bridgehead atoms. The number of aromatic nitrogens is 2. The van der Waals surface area contributed by atoms with E-state index >= 15 is 0 Å². The molecule has 0 spiro atoms. The van der Waals surface area contributed by atoms with Gasteiger partial charge in [0.1, 0.15) is 0 Å². The van der Waals surface area contributed by atoms with Crippen molar-refractivity contribution in [2.24, 2.45) is 0 Å². The molecule has 1 heterocycles. The van der Waals surface area contributed by atoms with Crippen molar-refractivity contribution in [2.75, 3.05) is 20.6 Å². The van der Waals surface area contributed by atoms with E-state index < -0.39 is 6.10 Å². The van der Waals surface area contributed by atoms with Gasteiger partial charge in [-0.1, -0.05) is 0 Å². The third-order valence-electron chi connectivity index (χ3n) is 1.90. The standard InChI is InChI=1S/C9H17N3O/c1-4-12-6-8(5-10-12)9(13)7-11(2)3/h5-6,9,13H,4,7H2,1-3H3. The summed E-state index contributed by atoms with van der Waals surface area (Å²) in [6.07, 6.45) is 3.17. The molecule has 0 aliphatic rings. The van der Waals surface area contributed by atoms with Gasteiger partial charge in [-0.3, -0.25) is 4.68 Å². The lowest BCUT2D eigenvalue weighted by molar-refractivity contribution is 0.138. The zero-order valence-corrected chi connectivity index (χ0v) is 8.44. The van der Waals surface area contributed by atoms with Gasteiger partial charge in [0.25, 0.3) is 0 Å². The number of aryl methyl sites for hydroxylation is 1. The molecule has 1 atom stereocenters. The second-order valence-electron chi connectivity index (χ2n) is 3.41. The zero-order valence-electron chi connectivity index (χ0n) is 8.44. The zero-order chi connectivity index (χ0) is 9.84. The minimum atomic E-state index is -0.435. The van der Waals surface area contributed by atoms with Crippen LogP contribution < -0.4 is 0 Å². The van der Waals surface area contributed by atoms with E-state index in [4.69, 9.17) is 0 Å². The quantitative estimate of drug-likeness (QED) is 0.739. The third-order valence-corrected chi connectivity index (χ3v) is 1.90. The van der Waals surface area contributed by atoms with Crippen LogP contribution in [0.2, 0.25) is 0 Å². The highest BCUT2D eigenvalue weighted by molar-refractivity contribution is 5.08. The molecule has 0 aliphatic heterocycles. The average Bonchev–Trinajstić information content (AvgIpc) is 2.50. The summed E-state index contributed by atoms with van der Waals surface area (Å²) in [5.41, 5.74) is 0.885. The summed E-state index contributed by atoms with van der Waals surface area (Å²) in [5, 5.41) is 13.8. The molecule has 4 heteroatoms. The van der Waals surface area contributed by atoms with Crippen LogP contribution in [-0.2, 0) is 6.54 Å². The van der Waals surface area contributed by atoms with E-state index in [0.29, 0.717) is 6.54 Å². The molecule has 74 valence electrons. The summed E-state index contributed by atoms with van der Waals surface area (Å²) in [6, 6.07) is 0. The molecule has 0 aliphatic carbocycles. The summed E-state index contributed by atoms with van der Waals surface area (Å²) in [7, 11) is 3.88. The van der Waals surface area contributed by atoms with E-state index in [-0.39, 0.29) is 0 Å². The van der Waals surface area contributed by atoms with Gasteiger partial charge in [0, 0.05) is 24.8 Å². The molecule has 0 saturated carbocycles. The Balaban J connectivity index is 2.60. The molecule has 4 nitrogen and oxygen atoms in total. The second kappa shape index (κ2) is 4.39. The van der Waals surface area contributed by atoms with Crippen LogP contribution in [0, 0.1) is 0 Å². The Kier molecular flexibility index (Phi) is 3.45. The molecule has 13 heavy (non-hydrogen) atoms. The Bertz CT molecular complexity index is 257. The summed E-state index contributed by atoms with van der Waals surface area (Å²) >= 11 is 0. The van der Waals surface area contributed by atoms with Crippen molar-refractivity contribution in [3.05, 3.63) is 18.0 Å². The van der Waals surface area contributed by atoms with Crippen LogP contribution in [0.25, 0.3) is 0 Å². The lowest BCUT2D eigenvalue weighted by Crippen LogP contribution is -2.19. The molecule has 1 N–H and O–H groups in total. The molecule has 0 amide bonds. The van der Waals surface area contributed by atoms with Gasteiger partial charge in [0.2, 0.25) is 0 Å². The van der Waals surface area contributed by atoms with E-state index in [1.54, 1.807) is 6.20 Å². The summed E-state index contributed by atoms with van der Waals surface area (Å²) in [6.45, 7) is 3.50. The van der Waals surface area contributed by atoms with Gasteiger partial charge >= 0.3 is 0 Å². The van der Waals surface area contributed by atoms with Crippen LogP contribution >= 0.6 is 0 Å². The Labute approximate surface area is 78.8 Å². The minimum absolute atomic E-state index is 0.435. The van der Waals surface area contributed by atoms with Crippen LogP contribution in [0.15, 0.2) is 12.4 Å². The third kappa shape index (κ3) is 2.82. The van der Waals surface area contributed by atoms with Crippen molar-refractivity contribution in [3.63, 3.8) is 0 Å². The van der Waals surface area contributed by atoms with E-state index in [0.717, 1.165) is 12.1 Å². The van der Waals surface area contributed by atoms with Crippen LogP contribution in [0.5, 0.6) is 0 Å². The maximum atomic E-state index is 9.70. The van der Waals surface area contributed by atoms with Gasteiger partial charge in [-0.2, -0.15) is 5.10 Å². The van der Waals surface area contributed by atoms with E-state index in [9.17, 15) is 5.11 Å². The lowest BCUT2D eigenvalue weighted by Gasteiger charge is -2.13. The Morgan fingerprint density at radius 3 is 2.77 bits per heavy atom. The van der Waals surface area contributed by atoms with Crippen LogP contribution in [0.1, 0.15) is 18.6 Å². The first kappa shape index (κ1) is 10.2. The van der Waals surface area contributed by atoms with Crippen LogP contribution in [0.3, 0.4) is 0 Å². The molecule has 0 fully saturated rings. The highest BCUT2D eigenvalue weighted by Gasteiger charge is 2.10. The van der Waals surface area contributed by atoms with E-state index in [1.807, 2.05) is 36.8 Å². The predicted molar refractivity (Wildman–Crippen MR) is 51.4 cm³/mol. The van der Waals surface area contributed by atoms with Crippen molar-refractivity contribution >= 4 is 0 Å². The first-order chi connectivity index (χ1) is 6.13. The number of rotatable bonds is 4. The fourth-order valence-corrected chi connectivity index (χ4v) is 1.18. The average molecular weight is 183 g/mol. The highest BCUT2D eigenvalue weighted by Crippen LogP contribution is 2.11. The van der Waals surface area contributed by atoms with Gasteiger partial charge < -0.3 is 10.0 Å². The molecule has 0 saturated heterocycles. The number of likely N-dealkylation sites (N-methyl/N-ethyl adjacent to an activating group) is 1. The molecule has 0 aromatic carbocycles. The summed E-state index contributed by atoms with van der Waals surface area (Å²) in [4.78, 5) is 1.95. The summed E-state index contributed by atoms with van der Waals surface area (Å²) < 4.78 is 1.81. The van der Waals surface area contributed by atoms with Crippen molar-refractivity contribution in [2.45, 2.75) is 19.6 Å². The predicted octanol–water partition coefficient (Wildman–Crippen LogP) is 0.498. The number of hydrogen-bond acceptors (Lipinski definition) is 3. The maximum Gasteiger partial charge on any atom is 0.0946 e. The Morgan fingerprint density at radius 2 is 2.31 bits per heavy atom. The largest absolute Gasteiger partial charge is 0.387 e. The SMILES string of the molecule is CCn1cc(C(O)CN(C)C)cn1. The van der Waals surface area contributed by atoms with E-state index in [2.05, 4.69) is 5.10 Å². The van der Waals surface area contributed by atoms with Crippen molar-refractivity contribution in [3.8, 4) is 0 Å². The number of nitrogens with zero attached hydrogens (tertiary/aromatic N) is 3. The first-order valence-electron chi connectivity index (χ1n) is 4.48. The summed E-state index contributed by atoms with van der Waals surface area (Å²) in [5.74, 6) is 0. The smallest absolute Gasteiger partial charge is 0.0946 e. The molecular formula is C9H17N3O. The maximum absolute atomic E-state index is 9.70. The van der Waals surface area contributed by atoms with Crippen LogP contribution in [0.4, 0.5) is 0 Å². The molecule has 1 aromatic rings. The van der Waals surface area contributed by atoms with Gasteiger partial charge in [-0.05, 0) is 21.0 Å². The number of hydrogen-bond donors (Lipinski definition) is 1. The lowest BCUT2D eigenvalue weighted by atomic mass is 10.2. The van der Waals surface area contributed by atoms with Gasteiger partial charge in [0.15, 0.2) is 0 Å². The Morgan fingerprint density at radius 1 is 1.62 bits per heavy atom.